The molecule has 0 bridgehead atoms. The van der Waals surface area contributed by atoms with Gasteiger partial charge in [-0.3, -0.25) is 14.9 Å². The smallest absolute Gasteiger partial charge is 0.230 e. The molecule has 1 heterocycles. The van der Waals surface area contributed by atoms with Crippen molar-refractivity contribution in [3.05, 3.63) is 0 Å². The standard InChI is InChI=1S/C9H15NO2/c1-4-6-8(12)10-7(11)5-9(6,2)3/h6H,4-5H2,1-3H3,(H,10,11,12). The van der Waals surface area contributed by atoms with E-state index in [2.05, 4.69) is 5.32 Å². The van der Waals surface area contributed by atoms with Gasteiger partial charge >= 0.3 is 0 Å². The van der Waals surface area contributed by atoms with Crippen LogP contribution in [-0.4, -0.2) is 11.8 Å². The van der Waals surface area contributed by atoms with Crippen molar-refractivity contribution < 1.29 is 9.59 Å². The van der Waals surface area contributed by atoms with E-state index in [0.717, 1.165) is 6.42 Å². The third-order valence-electron chi connectivity index (χ3n) is 2.55. The van der Waals surface area contributed by atoms with Gasteiger partial charge in [0.25, 0.3) is 0 Å². The summed E-state index contributed by atoms with van der Waals surface area (Å²) in [7, 11) is 0. The Kier molecular flexibility index (Phi) is 2.22. The molecule has 0 saturated carbocycles. The lowest BCUT2D eigenvalue weighted by Crippen LogP contribution is -2.49. The molecule has 0 radical (unpaired) electrons. The summed E-state index contributed by atoms with van der Waals surface area (Å²) in [5.41, 5.74) is -0.172. The lowest BCUT2D eigenvalue weighted by atomic mass is 9.72. The van der Waals surface area contributed by atoms with E-state index in [9.17, 15) is 9.59 Å². The van der Waals surface area contributed by atoms with Gasteiger partial charge in [-0.05, 0) is 11.8 Å². The lowest BCUT2D eigenvalue weighted by molar-refractivity contribution is -0.142. The molecule has 1 N–H and O–H groups in total. The Hall–Kier alpha value is -0.860. The van der Waals surface area contributed by atoms with Crippen LogP contribution < -0.4 is 5.32 Å². The molecule has 0 aromatic rings. The van der Waals surface area contributed by atoms with Gasteiger partial charge in [0.2, 0.25) is 11.8 Å². The second-order valence-corrected chi connectivity index (χ2v) is 4.04. The van der Waals surface area contributed by atoms with Gasteiger partial charge in [0, 0.05) is 12.3 Å². The monoisotopic (exact) mass is 169 g/mol. The van der Waals surface area contributed by atoms with Crippen LogP contribution in [0.15, 0.2) is 0 Å². The van der Waals surface area contributed by atoms with E-state index in [4.69, 9.17) is 0 Å². The van der Waals surface area contributed by atoms with Gasteiger partial charge in [-0.1, -0.05) is 20.8 Å². The van der Waals surface area contributed by atoms with Crippen LogP contribution in [0.1, 0.15) is 33.6 Å². The molecule has 1 unspecified atom stereocenters. The zero-order valence-electron chi connectivity index (χ0n) is 7.81. The van der Waals surface area contributed by atoms with Gasteiger partial charge in [-0.25, -0.2) is 0 Å². The molecule has 3 heteroatoms. The van der Waals surface area contributed by atoms with Crippen molar-refractivity contribution in [2.45, 2.75) is 33.6 Å². The van der Waals surface area contributed by atoms with Gasteiger partial charge in [0.15, 0.2) is 0 Å². The van der Waals surface area contributed by atoms with Crippen LogP contribution >= 0.6 is 0 Å². The highest BCUT2D eigenvalue weighted by molar-refractivity contribution is 5.99. The molecule has 68 valence electrons. The molecule has 1 aliphatic heterocycles. The summed E-state index contributed by atoms with van der Waals surface area (Å²) >= 11 is 0. The maximum atomic E-state index is 11.3. The molecule has 0 aliphatic carbocycles. The first-order chi connectivity index (χ1) is 5.47. The van der Waals surface area contributed by atoms with E-state index in [1.165, 1.54) is 0 Å². The van der Waals surface area contributed by atoms with Crippen molar-refractivity contribution in [2.75, 3.05) is 0 Å². The summed E-state index contributed by atoms with van der Waals surface area (Å²) in [6.07, 6.45) is 1.25. The Morgan fingerprint density at radius 1 is 1.50 bits per heavy atom. The van der Waals surface area contributed by atoms with Gasteiger partial charge in [0.05, 0.1) is 0 Å². The van der Waals surface area contributed by atoms with Crippen molar-refractivity contribution >= 4 is 11.8 Å². The normalized spacial score (nSPS) is 28.4. The zero-order valence-corrected chi connectivity index (χ0v) is 7.81. The SMILES string of the molecule is CCC1C(=O)NC(=O)CC1(C)C. The van der Waals surface area contributed by atoms with Crippen LogP contribution in [0.5, 0.6) is 0 Å². The molecule has 0 aromatic carbocycles. The number of piperidine rings is 1. The summed E-state index contributed by atoms with van der Waals surface area (Å²) in [5.74, 6) is -0.274. The second kappa shape index (κ2) is 2.88. The number of carbonyl (C=O) groups excluding carboxylic acids is 2. The van der Waals surface area contributed by atoms with Crippen molar-refractivity contribution in [2.24, 2.45) is 11.3 Å². The summed E-state index contributed by atoms with van der Waals surface area (Å²) in [5, 5.41) is 2.36. The fourth-order valence-electron chi connectivity index (χ4n) is 1.90. The van der Waals surface area contributed by atoms with Crippen LogP contribution in [0, 0.1) is 11.3 Å². The Balaban J connectivity index is 2.85. The highest BCUT2D eigenvalue weighted by atomic mass is 16.2. The maximum absolute atomic E-state index is 11.3. The summed E-state index contributed by atoms with van der Waals surface area (Å²) in [6, 6.07) is 0. The number of hydrogen-bond acceptors (Lipinski definition) is 2. The summed E-state index contributed by atoms with van der Waals surface area (Å²) in [6.45, 7) is 5.91. The minimum atomic E-state index is -0.172. The van der Waals surface area contributed by atoms with Gasteiger partial charge in [-0.15, -0.1) is 0 Å². The third kappa shape index (κ3) is 1.49. The molecule has 12 heavy (non-hydrogen) atoms. The van der Waals surface area contributed by atoms with Crippen LogP contribution in [0.2, 0.25) is 0 Å². The Labute approximate surface area is 72.5 Å². The van der Waals surface area contributed by atoms with Crippen LogP contribution in [0.3, 0.4) is 0 Å². The molecule has 0 aromatic heterocycles. The average molecular weight is 169 g/mol. The van der Waals surface area contributed by atoms with E-state index in [0.29, 0.717) is 6.42 Å². The molecule has 1 aliphatic rings. The largest absolute Gasteiger partial charge is 0.296 e. The first-order valence-corrected chi connectivity index (χ1v) is 4.31. The van der Waals surface area contributed by atoms with E-state index >= 15 is 0 Å². The van der Waals surface area contributed by atoms with Crippen molar-refractivity contribution in [1.82, 2.24) is 5.32 Å². The molecule has 3 nitrogen and oxygen atoms in total. The molecule has 1 fully saturated rings. The average Bonchev–Trinajstić information content (AvgIpc) is 1.82. The lowest BCUT2D eigenvalue weighted by Gasteiger charge is -2.35. The van der Waals surface area contributed by atoms with Crippen LogP contribution in [0.25, 0.3) is 0 Å². The van der Waals surface area contributed by atoms with Crippen LogP contribution in [0.4, 0.5) is 0 Å². The molecule has 1 saturated heterocycles. The number of carbonyl (C=O) groups is 2. The van der Waals surface area contributed by atoms with Crippen molar-refractivity contribution in [3.8, 4) is 0 Å². The van der Waals surface area contributed by atoms with Gasteiger partial charge in [-0.2, -0.15) is 0 Å². The molecule has 1 rings (SSSR count). The summed E-state index contributed by atoms with van der Waals surface area (Å²) < 4.78 is 0. The number of amides is 2. The first-order valence-electron chi connectivity index (χ1n) is 4.31. The topological polar surface area (TPSA) is 46.2 Å². The number of rotatable bonds is 1. The maximum Gasteiger partial charge on any atom is 0.230 e. The van der Waals surface area contributed by atoms with Gasteiger partial charge < -0.3 is 0 Å². The van der Waals surface area contributed by atoms with Crippen molar-refractivity contribution in [1.29, 1.82) is 0 Å². The molecule has 1 atom stereocenters. The predicted molar refractivity (Wildman–Crippen MR) is 45.3 cm³/mol. The van der Waals surface area contributed by atoms with Crippen molar-refractivity contribution in [3.63, 3.8) is 0 Å². The fourth-order valence-corrected chi connectivity index (χ4v) is 1.90. The van der Waals surface area contributed by atoms with E-state index in [1.54, 1.807) is 0 Å². The Bertz CT molecular complexity index is 221. The minimum absolute atomic E-state index is 0.0183. The van der Waals surface area contributed by atoms with Crippen LogP contribution in [-0.2, 0) is 9.59 Å². The highest BCUT2D eigenvalue weighted by Crippen LogP contribution is 2.35. The molecular formula is C9H15NO2. The Morgan fingerprint density at radius 3 is 2.50 bits per heavy atom. The van der Waals surface area contributed by atoms with E-state index < -0.39 is 0 Å². The Morgan fingerprint density at radius 2 is 2.08 bits per heavy atom. The fraction of sp³-hybridized carbons (Fsp3) is 0.778. The number of imide groups is 1. The number of nitrogens with one attached hydrogen (secondary N) is 1. The zero-order chi connectivity index (χ0) is 9.35. The molecule has 2 amide bonds. The van der Waals surface area contributed by atoms with E-state index in [-0.39, 0.29) is 23.1 Å². The highest BCUT2D eigenvalue weighted by Gasteiger charge is 2.40. The minimum Gasteiger partial charge on any atom is -0.296 e. The molecular weight excluding hydrogens is 154 g/mol. The first kappa shape index (κ1) is 9.23. The van der Waals surface area contributed by atoms with E-state index in [1.807, 2.05) is 20.8 Å². The predicted octanol–water partition coefficient (Wildman–Crippen LogP) is 1.09. The van der Waals surface area contributed by atoms with Gasteiger partial charge in [0.1, 0.15) is 0 Å². The summed E-state index contributed by atoms with van der Waals surface area (Å²) in [4.78, 5) is 22.3. The second-order valence-electron chi connectivity index (χ2n) is 4.04. The quantitative estimate of drug-likeness (QED) is 0.597. The number of hydrogen-bond donors (Lipinski definition) is 1. The third-order valence-corrected chi connectivity index (χ3v) is 2.55. The molecule has 0 spiro atoms.